The molecule has 0 spiro atoms. The first-order valence-electron chi connectivity index (χ1n) is 4.01. The summed E-state index contributed by atoms with van der Waals surface area (Å²) in [5.41, 5.74) is 0. The summed E-state index contributed by atoms with van der Waals surface area (Å²) < 4.78 is 43.7. The molecule has 1 N–H and O–H groups in total. The Hall–Kier alpha value is -0.945. The average molecular weight is 217 g/mol. The smallest absolute Gasteiger partial charge is 0.469 e. The number of ether oxygens (including phenoxy) is 1. The molecule has 0 amide bonds. The summed E-state index contributed by atoms with van der Waals surface area (Å²) in [4.78, 5) is 1.83. The number of methoxy groups -OCH3 is 1. The molecule has 0 radical (unpaired) electrons. The first kappa shape index (κ1) is 15.5. The molecule has 0 saturated heterocycles. The van der Waals surface area contributed by atoms with Crippen LogP contribution in [0.25, 0.3) is 0 Å². The largest absolute Gasteiger partial charge is 0.673 e. The van der Waals surface area contributed by atoms with Crippen LogP contribution in [-0.2, 0) is 4.74 Å². The van der Waals surface area contributed by atoms with Crippen molar-refractivity contribution in [2.24, 2.45) is 0 Å². The predicted octanol–water partition coefficient (Wildman–Crippen LogP) is 2.21. The molecule has 14 heavy (non-hydrogen) atoms. The van der Waals surface area contributed by atoms with Gasteiger partial charge in [-0.2, -0.15) is 0 Å². The first-order chi connectivity index (χ1) is 6.26. The van der Waals surface area contributed by atoms with E-state index < -0.39 is 7.25 Å². The van der Waals surface area contributed by atoms with Gasteiger partial charge in [0.15, 0.2) is 0 Å². The molecule has 0 heterocycles. The lowest BCUT2D eigenvalue weighted by atomic mass is 10.3. The molecule has 0 bridgehead atoms. The second-order valence-electron chi connectivity index (χ2n) is 2.18. The van der Waals surface area contributed by atoms with Crippen LogP contribution in [0.3, 0.4) is 0 Å². The fourth-order valence-corrected chi connectivity index (χ4v) is 0.640. The minimum Gasteiger partial charge on any atom is -0.469 e. The van der Waals surface area contributed by atoms with E-state index in [1.54, 1.807) is 0 Å². The maximum atomic E-state index is 9.75. The van der Waals surface area contributed by atoms with Gasteiger partial charge in [-0.05, 0) is 13.8 Å². The van der Waals surface area contributed by atoms with Gasteiger partial charge in [0.1, 0.15) is 0 Å². The van der Waals surface area contributed by atoms with Crippen molar-refractivity contribution in [2.75, 3.05) is 20.2 Å². The van der Waals surface area contributed by atoms with Crippen molar-refractivity contribution >= 4 is 13.3 Å². The molecule has 3 nitrogen and oxygen atoms in total. The molecule has 0 rings (SSSR count). The molecular formula is C6H14BF4N2O-. The standard InChI is InChI=1S/C6H14N2O.BF4/c1-4-8(5-2)6(7)9-3;2-1(3,4)5/h7H,4-5H2,1-3H3;/q;-1. The Morgan fingerprint density at radius 1 is 1.21 bits per heavy atom. The Morgan fingerprint density at radius 3 is 1.57 bits per heavy atom. The Labute approximate surface area is 80.6 Å². The average Bonchev–Trinajstić information content (AvgIpc) is 2.03. The molecule has 0 unspecified atom stereocenters. The van der Waals surface area contributed by atoms with Crippen LogP contribution in [0.2, 0.25) is 0 Å². The zero-order chi connectivity index (χ0) is 11.8. The van der Waals surface area contributed by atoms with E-state index in [9.17, 15) is 17.3 Å². The van der Waals surface area contributed by atoms with Crippen LogP contribution in [0.1, 0.15) is 13.8 Å². The second kappa shape index (κ2) is 7.46. The van der Waals surface area contributed by atoms with E-state index in [1.165, 1.54) is 7.11 Å². The minimum absolute atomic E-state index is 0.250. The Balaban J connectivity index is 0. The number of amidine groups is 1. The van der Waals surface area contributed by atoms with E-state index in [2.05, 4.69) is 0 Å². The highest BCUT2D eigenvalue weighted by atomic mass is 19.5. The zero-order valence-corrected chi connectivity index (χ0v) is 8.36. The number of hydrogen-bond donors (Lipinski definition) is 1. The third-order valence-electron chi connectivity index (χ3n) is 1.24. The SMILES string of the molecule is CCN(CC)C(=N)OC.F[B-](F)(F)F. The molecule has 0 aromatic rings. The fraction of sp³-hybridized carbons (Fsp3) is 0.833. The third kappa shape index (κ3) is 13.6. The lowest BCUT2D eigenvalue weighted by Crippen LogP contribution is -2.30. The molecule has 0 aliphatic carbocycles. The monoisotopic (exact) mass is 217 g/mol. The molecule has 0 saturated carbocycles. The van der Waals surface area contributed by atoms with E-state index in [-0.39, 0.29) is 6.02 Å². The van der Waals surface area contributed by atoms with Crippen molar-refractivity contribution in [3.8, 4) is 0 Å². The van der Waals surface area contributed by atoms with Crippen LogP contribution in [0.15, 0.2) is 0 Å². The molecule has 0 aliphatic rings. The van der Waals surface area contributed by atoms with Crippen LogP contribution in [0, 0.1) is 5.41 Å². The van der Waals surface area contributed by atoms with E-state index in [1.807, 2.05) is 18.7 Å². The number of hydrogen-bond acceptors (Lipinski definition) is 2. The summed E-state index contributed by atoms with van der Waals surface area (Å²) in [5, 5.41) is 7.20. The molecule has 0 aliphatic heterocycles. The predicted molar refractivity (Wildman–Crippen MR) is 47.8 cm³/mol. The van der Waals surface area contributed by atoms with Gasteiger partial charge in [-0.1, -0.05) is 0 Å². The summed E-state index contributed by atoms with van der Waals surface area (Å²) >= 11 is 0. The summed E-state index contributed by atoms with van der Waals surface area (Å²) in [6.45, 7) is 5.67. The number of halogens is 4. The number of rotatable bonds is 2. The number of nitrogens with zero attached hydrogens (tertiary/aromatic N) is 1. The third-order valence-corrected chi connectivity index (χ3v) is 1.24. The quantitative estimate of drug-likeness (QED) is 0.333. The van der Waals surface area contributed by atoms with Crippen LogP contribution < -0.4 is 0 Å². The highest BCUT2D eigenvalue weighted by Gasteiger charge is 2.20. The minimum atomic E-state index is -6.00. The highest BCUT2D eigenvalue weighted by Crippen LogP contribution is 2.06. The van der Waals surface area contributed by atoms with Gasteiger partial charge in [-0.3, -0.25) is 5.41 Å². The van der Waals surface area contributed by atoms with Gasteiger partial charge in [0.2, 0.25) is 0 Å². The molecule has 0 fully saturated rings. The van der Waals surface area contributed by atoms with E-state index in [0.29, 0.717) is 0 Å². The lowest BCUT2D eigenvalue weighted by molar-refractivity contribution is 0.291. The van der Waals surface area contributed by atoms with E-state index in [0.717, 1.165) is 13.1 Å². The van der Waals surface area contributed by atoms with Crippen LogP contribution in [0.4, 0.5) is 17.3 Å². The molecule has 0 aromatic heterocycles. The van der Waals surface area contributed by atoms with E-state index in [4.69, 9.17) is 10.1 Å². The van der Waals surface area contributed by atoms with Crippen LogP contribution in [0.5, 0.6) is 0 Å². The van der Waals surface area contributed by atoms with Crippen molar-refractivity contribution in [3.05, 3.63) is 0 Å². The normalized spacial score (nSPS) is 9.93. The summed E-state index contributed by atoms with van der Waals surface area (Å²) in [6, 6.07) is 0.250. The first-order valence-corrected chi connectivity index (χ1v) is 4.01. The maximum absolute atomic E-state index is 9.75. The molecule has 8 heteroatoms. The molecular weight excluding hydrogens is 203 g/mol. The summed E-state index contributed by atoms with van der Waals surface area (Å²) in [6.07, 6.45) is 0. The maximum Gasteiger partial charge on any atom is 0.673 e. The number of nitrogens with one attached hydrogen (secondary N) is 1. The van der Waals surface area contributed by atoms with Crippen molar-refractivity contribution < 1.29 is 22.0 Å². The Kier molecular flexibility index (Phi) is 8.27. The van der Waals surface area contributed by atoms with Crippen LogP contribution >= 0.6 is 0 Å². The van der Waals surface area contributed by atoms with Crippen molar-refractivity contribution in [3.63, 3.8) is 0 Å². The van der Waals surface area contributed by atoms with E-state index >= 15 is 0 Å². The van der Waals surface area contributed by atoms with Gasteiger partial charge in [0.25, 0.3) is 6.02 Å². The highest BCUT2D eigenvalue weighted by molar-refractivity contribution is 6.50. The topological polar surface area (TPSA) is 36.3 Å². The Bertz CT molecular complexity index is 154. The lowest BCUT2D eigenvalue weighted by Gasteiger charge is -2.18. The molecule has 0 aromatic carbocycles. The van der Waals surface area contributed by atoms with Crippen molar-refractivity contribution in [2.45, 2.75) is 13.8 Å². The molecule has 0 atom stereocenters. The van der Waals surface area contributed by atoms with Gasteiger partial charge in [0.05, 0.1) is 7.11 Å². The van der Waals surface area contributed by atoms with Gasteiger partial charge in [-0.25, -0.2) is 0 Å². The molecule has 86 valence electrons. The van der Waals surface area contributed by atoms with Crippen LogP contribution in [-0.4, -0.2) is 38.4 Å². The second-order valence-corrected chi connectivity index (χ2v) is 2.18. The summed E-state index contributed by atoms with van der Waals surface area (Å²) in [5.74, 6) is 0. The Morgan fingerprint density at radius 2 is 1.50 bits per heavy atom. The van der Waals surface area contributed by atoms with Gasteiger partial charge < -0.3 is 26.9 Å². The van der Waals surface area contributed by atoms with Gasteiger partial charge in [-0.15, -0.1) is 0 Å². The van der Waals surface area contributed by atoms with Crippen molar-refractivity contribution in [1.82, 2.24) is 4.90 Å². The zero-order valence-electron chi connectivity index (χ0n) is 8.36. The van der Waals surface area contributed by atoms with Gasteiger partial charge >= 0.3 is 7.25 Å². The van der Waals surface area contributed by atoms with Crippen molar-refractivity contribution in [1.29, 1.82) is 5.41 Å². The van der Waals surface area contributed by atoms with Gasteiger partial charge in [0, 0.05) is 13.1 Å². The summed E-state index contributed by atoms with van der Waals surface area (Å²) in [7, 11) is -4.49. The fourth-order valence-electron chi connectivity index (χ4n) is 0.640.